The number of rotatable bonds is 4. The monoisotopic (exact) mass is 418 g/mol. The fourth-order valence-electron chi connectivity index (χ4n) is 2.35. The quantitative estimate of drug-likeness (QED) is 0.523. The van der Waals surface area contributed by atoms with Gasteiger partial charge in [0.25, 0.3) is 5.91 Å². The van der Waals surface area contributed by atoms with E-state index in [2.05, 4.69) is 10.6 Å². The first kappa shape index (κ1) is 23.7. The Bertz CT molecular complexity index is 622. The van der Waals surface area contributed by atoms with Crippen LogP contribution in [-0.4, -0.2) is 71.6 Å². The third kappa shape index (κ3) is 8.15. The Balaban J connectivity index is 3.01. The second-order valence-electron chi connectivity index (χ2n) is 6.93. The summed E-state index contributed by atoms with van der Waals surface area (Å²) in [5, 5.41) is 13.4. The summed E-state index contributed by atoms with van der Waals surface area (Å²) in [6.45, 7) is 4.45. The van der Waals surface area contributed by atoms with E-state index in [0.717, 1.165) is 11.8 Å². The number of nitrogens with one attached hydrogen (secondary N) is 2. The molecule has 28 heavy (non-hydrogen) atoms. The number of thioether (sulfide) groups is 1. The summed E-state index contributed by atoms with van der Waals surface area (Å²) < 4.78 is 10.2. The lowest BCUT2D eigenvalue weighted by molar-refractivity contribution is -0.169. The molecular weight excluding hydrogens is 392 g/mol. The van der Waals surface area contributed by atoms with Crippen molar-refractivity contribution >= 4 is 41.5 Å². The first-order valence-electron chi connectivity index (χ1n) is 8.74. The minimum atomic E-state index is -1.33. The molecule has 0 aromatic carbocycles. The van der Waals surface area contributed by atoms with Crippen LogP contribution in [0.4, 0.5) is 0 Å². The zero-order valence-electron chi connectivity index (χ0n) is 16.1. The lowest BCUT2D eigenvalue weighted by Crippen LogP contribution is -2.49. The highest BCUT2D eigenvalue weighted by Gasteiger charge is 2.40. The van der Waals surface area contributed by atoms with Crippen molar-refractivity contribution in [1.82, 2.24) is 10.6 Å². The van der Waals surface area contributed by atoms with Gasteiger partial charge in [-0.1, -0.05) is 13.8 Å². The van der Waals surface area contributed by atoms with E-state index >= 15 is 0 Å². The van der Waals surface area contributed by atoms with Gasteiger partial charge in [-0.25, -0.2) is 0 Å². The van der Waals surface area contributed by atoms with Crippen molar-refractivity contribution in [3.05, 3.63) is 0 Å². The van der Waals surface area contributed by atoms with E-state index in [9.17, 15) is 29.1 Å². The highest BCUT2D eigenvalue weighted by atomic mass is 32.2. The average molecular weight is 418 g/mol. The summed E-state index contributed by atoms with van der Waals surface area (Å²) in [4.78, 5) is 59.1. The molecule has 2 atom stereocenters. The van der Waals surface area contributed by atoms with Crippen LogP contribution in [0.3, 0.4) is 0 Å². The van der Waals surface area contributed by atoms with Crippen molar-refractivity contribution in [2.45, 2.75) is 45.0 Å². The van der Waals surface area contributed by atoms with Gasteiger partial charge in [-0.2, -0.15) is 0 Å². The topological polar surface area (TPSA) is 148 Å². The van der Waals surface area contributed by atoms with E-state index in [-0.39, 0.29) is 32.0 Å². The third-order valence-corrected chi connectivity index (χ3v) is 5.08. The van der Waals surface area contributed by atoms with E-state index in [1.165, 1.54) is 6.92 Å². The number of carboxylic acids is 1. The molecule has 0 spiro atoms. The number of ether oxygens (including phenoxy) is 2. The van der Waals surface area contributed by atoms with Gasteiger partial charge >= 0.3 is 17.9 Å². The summed E-state index contributed by atoms with van der Waals surface area (Å²) in [6, 6.07) is 0. The minimum absolute atomic E-state index is 0.0177. The van der Waals surface area contributed by atoms with E-state index in [4.69, 9.17) is 9.47 Å². The van der Waals surface area contributed by atoms with Gasteiger partial charge in [0, 0.05) is 37.6 Å². The molecule has 158 valence electrons. The summed E-state index contributed by atoms with van der Waals surface area (Å²) in [5.74, 6) is -3.24. The normalized spacial score (nSPS) is 22.9. The third-order valence-electron chi connectivity index (χ3n) is 3.87. The van der Waals surface area contributed by atoms with Crippen LogP contribution in [0.5, 0.6) is 0 Å². The Labute approximate surface area is 167 Å². The van der Waals surface area contributed by atoms with Crippen LogP contribution in [0.1, 0.15) is 33.6 Å². The Kier molecular flexibility index (Phi) is 9.23. The first-order chi connectivity index (χ1) is 13.0. The van der Waals surface area contributed by atoms with Crippen LogP contribution in [0, 0.1) is 5.41 Å². The standard InChI is InChI=1S/C17H26N2O8S/c1-10(20)26-9-17(2,3)14-15(23)19-5-4-12(21)18-6-7-28-11(16(24)25)8-13(22)27-14/h11,14H,4-9H2,1-3H3,(H,18,21)(H,19,23)(H,24,25)/t11?,14-/m0/s1. The van der Waals surface area contributed by atoms with Crippen molar-refractivity contribution in [1.29, 1.82) is 0 Å². The molecule has 0 aromatic rings. The number of hydrogen-bond donors (Lipinski definition) is 3. The summed E-state index contributed by atoms with van der Waals surface area (Å²) in [6.07, 6.45) is -1.75. The predicted molar refractivity (Wildman–Crippen MR) is 99.4 cm³/mol. The SMILES string of the molecule is CC(=O)OCC(C)(C)[C@H]1OC(=O)CC(C(=O)O)SCCNC(=O)CCNC1=O. The van der Waals surface area contributed by atoms with Crippen molar-refractivity contribution in [3.8, 4) is 0 Å². The molecule has 0 aromatic heterocycles. The Morgan fingerprint density at radius 2 is 1.93 bits per heavy atom. The molecule has 1 fully saturated rings. The molecule has 0 bridgehead atoms. The van der Waals surface area contributed by atoms with Gasteiger partial charge in [0.05, 0.1) is 6.42 Å². The number of esters is 2. The molecule has 1 heterocycles. The van der Waals surface area contributed by atoms with Crippen LogP contribution in [-0.2, 0) is 33.4 Å². The van der Waals surface area contributed by atoms with Crippen LogP contribution in [0.15, 0.2) is 0 Å². The van der Waals surface area contributed by atoms with E-state index in [1.54, 1.807) is 13.8 Å². The molecule has 1 rings (SSSR count). The van der Waals surface area contributed by atoms with Crippen molar-refractivity contribution in [2.75, 3.05) is 25.4 Å². The second kappa shape index (κ2) is 10.9. The average Bonchev–Trinajstić information content (AvgIpc) is 2.59. The number of amides is 2. The maximum atomic E-state index is 12.6. The summed E-state index contributed by atoms with van der Waals surface area (Å²) in [7, 11) is 0. The molecule has 1 aliphatic rings. The van der Waals surface area contributed by atoms with Gasteiger partial charge in [0.2, 0.25) is 5.91 Å². The van der Waals surface area contributed by atoms with Crippen LogP contribution in [0.25, 0.3) is 0 Å². The van der Waals surface area contributed by atoms with Crippen molar-refractivity contribution in [2.24, 2.45) is 5.41 Å². The number of cyclic esters (lactones) is 1. The summed E-state index contributed by atoms with van der Waals surface area (Å²) >= 11 is 1.00. The minimum Gasteiger partial charge on any atom is -0.480 e. The molecular formula is C17H26N2O8S. The number of carbonyl (C=O) groups is 5. The molecule has 1 unspecified atom stereocenters. The predicted octanol–water partition coefficient (Wildman–Crippen LogP) is -0.300. The molecule has 0 saturated carbocycles. The van der Waals surface area contributed by atoms with Gasteiger partial charge in [0.1, 0.15) is 11.9 Å². The van der Waals surface area contributed by atoms with E-state index < -0.39 is 47.0 Å². The first-order valence-corrected chi connectivity index (χ1v) is 9.79. The van der Waals surface area contributed by atoms with Gasteiger partial charge in [-0.15, -0.1) is 11.8 Å². The molecule has 11 heteroatoms. The lowest BCUT2D eigenvalue weighted by atomic mass is 9.86. The molecule has 1 saturated heterocycles. The van der Waals surface area contributed by atoms with Crippen molar-refractivity contribution < 1.29 is 38.6 Å². The number of carbonyl (C=O) groups excluding carboxylic acids is 4. The lowest BCUT2D eigenvalue weighted by Gasteiger charge is -2.32. The van der Waals surface area contributed by atoms with Gasteiger partial charge in [-0.05, 0) is 0 Å². The van der Waals surface area contributed by atoms with Crippen LogP contribution in [0.2, 0.25) is 0 Å². The zero-order valence-corrected chi connectivity index (χ0v) is 16.9. The molecule has 1 aliphatic heterocycles. The number of aliphatic carboxylic acids is 1. The fourth-order valence-corrected chi connectivity index (χ4v) is 3.25. The molecule has 10 nitrogen and oxygen atoms in total. The fraction of sp³-hybridized carbons (Fsp3) is 0.706. The largest absolute Gasteiger partial charge is 0.480 e. The highest BCUT2D eigenvalue weighted by molar-refractivity contribution is 8.00. The molecule has 0 aliphatic carbocycles. The number of carboxylic acid groups (broad SMARTS) is 1. The van der Waals surface area contributed by atoms with E-state index in [0.29, 0.717) is 5.75 Å². The van der Waals surface area contributed by atoms with Gasteiger partial charge < -0.3 is 25.2 Å². The Morgan fingerprint density at radius 3 is 2.54 bits per heavy atom. The summed E-state index contributed by atoms with van der Waals surface area (Å²) in [5.41, 5.74) is -1.07. The maximum absolute atomic E-state index is 12.6. The molecule has 3 N–H and O–H groups in total. The smallest absolute Gasteiger partial charge is 0.317 e. The maximum Gasteiger partial charge on any atom is 0.317 e. The van der Waals surface area contributed by atoms with Crippen molar-refractivity contribution in [3.63, 3.8) is 0 Å². The molecule has 0 radical (unpaired) electrons. The van der Waals surface area contributed by atoms with Crippen LogP contribution >= 0.6 is 11.8 Å². The highest BCUT2D eigenvalue weighted by Crippen LogP contribution is 2.26. The van der Waals surface area contributed by atoms with E-state index in [1.807, 2.05) is 0 Å². The van der Waals surface area contributed by atoms with Crippen LogP contribution < -0.4 is 10.6 Å². The second-order valence-corrected chi connectivity index (χ2v) is 8.24. The van der Waals surface area contributed by atoms with Gasteiger partial charge in [-0.3, -0.25) is 24.0 Å². The Hall–Kier alpha value is -2.30. The number of hydrogen-bond acceptors (Lipinski definition) is 8. The Morgan fingerprint density at radius 1 is 1.25 bits per heavy atom. The van der Waals surface area contributed by atoms with Gasteiger partial charge in [0.15, 0.2) is 6.10 Å². The zero-order chi connectivity index (χ0) is 21.3. The molecule has 2 amide bonds.